The summed E-state index contributed by atoms with van der Waals surface area (Å²) in [5.41, 5.74) is 2.00. The molecule has 0 radical (unpaired) electrons. The van der Waals surface area contributed by atoms with Crippen molar-refractivity contribution in [2.45, 2.75) is 6.92 Å². The molecule has 2 aromatic rings. The molecule has 0 bridgehead atoms. The third-order valence-corrected chi connectivity index (χ3v) is 4.35. The number of nitrogens with zero attached hydrogens (tertiary/aromatic N) is 2. The van der Waals surface area contributed by atoms with Gasteiger partial charge in [-0.2, -0.15) is 0 Å². The van der Waals surface area contributed by atoms with Gasteiger partial charge in [0.25, 0.3) is 6.47 Å². The molecule has 0 aliphatic carbocycles. The number of rotatable bonds is 6. The van der Waals surface area contributed by atoms with Gasteiger partial charge in [0.1, 0.15) is 22.8 Å². The molecule has 1 aliphatic heterocycles. The van der Waals surface area contributed by atoms with Crippen molar-refractivity contribution in [3.8, 4) is 11.5 Å². The van der Waals surface area contributed by atoms with Gasteiger partial charge in [0, 0.05) is 37.6 Å². The lowest BCUT2D eigenvalue weighted by atomic mass is 10.1. The lowest BCUT2D eigenvalue weighted by molar-refractivity contribution is -0.122. The lowest BCUT2D eigenvalue weighted by Crippen LogP contribution is -2.39. The number of pyridine rings is 1. The topological polar surface area (TPSA) is 93.2 Å². The number of hydrogen-bond donors (Lipinski definition) is 2. The molecule has 3 rings (SSSR count). The molecule has 1 aliphatic rings. The molecule has 8 heteroatoms. The minimum absolute atomic E-state index is 0.250. The molecule has 1 fully saturated rings. The summed E-state index contributed by atoms with van der Waals surface area (Å²) < 4.78 is 16.2. The van der Waals surface area contributed by atoms with E-state index in [1.54, 1.807) is 14.2 Å². The van der Waals surface area contributed by atoms with Crippen LogP contribution in [0.1, 0.15) is 5.56 Å². The van der Waals surface area contributed by atoms with Crippen molar-refractivity contribution in [1.29, 1.82) is 0 Å². The van der Waals surface area contributed by atoms with Crippen molar-refractivity contribution >= 4 is 23.2 Å². The molecule has 2 N–H and O–H groups in total. The molecule has 1 saturated heterocycles. The summed E-state index contributed by atoms with van der Waals surface area (Å²) in [6.07, 6.45) is 0. The van der Waals surface area contributed by atoms with Crippen LogP contribution in [0.5, 0.6) is 11.5 Å². The first-order valence-electron chi connectivity index (χ1n) is 8.78. The second-order valence-electron chi connectivity index (χ2n) is 6.04. The first-order valence-corrected chi connectivity index (χ1v) is 8.78. The molecule has 2 heterocycles. The monoisotopic (exact) mass is 377 g/mol. The molecule has 0 atom stereocenters. The zero-order valence-electron chi connectivity index (χ0n) is 16.0. The lowest BCUT2D eigenvalue weighted by Gasteiger charge is -2.26. The van der Waals surface area contributed by atoms with Crippen molar-refractivity contribution in [3.05, 3.63) is 23.8 Å². The molecule has 1 aromatic heterocycles. The fourth-order valence-electron chi connectivity index (χ4n) is 2.96. The van der Waals surface area contributed by atoms with Crippen LogP contribution in [0.15, 0.2) is 18.2 Å². The second kappa shape index (κ2) is 10.5. The SMILES string of the molecule is COc1cc(OC)c2nc(NCCN3CCOCC3)cc(C)c2c1.O=CO. The average Bonchev–Trinajstić information content (AvgIpc) is 2.69. The van der Waals surface area contributed by atoms with E-state index >= 15 is 0 Å². The van der Waals surface area contributed by atoms with Gasteiger partial charge in [0.15, 0.2) is 0 Å². The van der Waals surface area contributed by atoms with Crippen molar-refractivity contribution in [2.24, 2.45) is 0 Å². The minimum atomic E-state index is -0.250. The van der Waals surface area contributed by atoms with Gasteiger partial charge in [-0.05, 0) is 24.6 Å². The van der Waals surface area contributed by atoms with Crippen molar-refractivity contribution in [3.63, 3.8) is 0 Å². The molecular formula is C19H27N3O5. The van der Waals surface area contributed by atoms with E-state index < -0.39 is 0 Å². The van der Waals surface area contributed by atoms with E-state index in [1.165, 1.54) is 0 Å². The van der Waals surface area contributed by atoms with Crippen molar-refractivity contribution in [1.82, 2.24) is 9.88 Å². The largest absolute Gasteiger partial charge is 0.497 e. The van der Waals surface area contributed by atoms with Gasteiger partial charge < -0.3 is 24.6 Å². The molecule has 8 nitrogen and oxygen atoms in total. The first-order chi connectivity index (χ1) is 13.1. The van der Waals surface area contributed by atoms with Crippen LogP contribution in [-0.2, 0) is 9.53 Å². The number of aryl methyl sites for hydroxylation is 1. The quantitative estimate of drug-likeness (QED) is 0.739. The summed E-state index contributed by atoms with van der Waals surface area (Å²) in [4.78, 5) is 15.5. The summed E-state index contributed by atoms with van der Waals surface area (Å²) in [6.45, 7) is 7.33. The summed E-state index contributed by atoms with van der Waals surface area (Å²) >= 11 is 0. The van der Waals surface area contributed by atoms with Gasteiger partial charge in [0.2, 0.25) is 0 Å². The van der Waals surface area contributed by atoms with Crippen molar-refractivity contribution < 1.29 is 24.1 Å². The van der Waals surface area contributed by atoms with Crippen LogP contribution in [-0.4, -0.2) is 75.1 Å². The molecule has 27 heavy (non-hydrogen) atoms. The summed E-state index contributed by atoms with van der Waals surface area (Å²) in [6, 6.07) is 5.94. The van der Waals surface area contributed by atoms with Gasteiger partial charge in [-0.15, -0.1) is 0 Å². The van der Waals surface area contributed by atoms with E-state index in [2.05, 4.69) is 23.2 Å². The van der Waals surface area contributed by atoms with Crippen LogP contribution >= 0.6 is 0 Å². The number of aromatic nitrogens is 1. The highest BCUT2D eigenvalue weighted by Gasteiger charge is 2.12. The highest BCUT2D eigenvalue weighted by atomic mass is 16.5. The Kier molecular flexibility index (Phi) is 8.09. The number of morpholine rings is 1. The predicted molar refractivity (Wildman–Crippen MR) is 104 cm³/mol. The Morgan fingerprint density at radius 1 is 1.26 bits per heavy atom. The van der Waals surface area contributed by atoms with Gasteiger partial charge >= 0.3 is 0 Å². The van der Waals surface area contributed by atoms with E-state index in [0.717, 1.165) is 73.2 Å². The maximum absolute atomic E-state index is 8.36. The fourth-order valence-corrected chi connectivity index (χ4v) is 2.96. The smallest absolute Gasteiger partial charge is 0.290 e. The molecule has 1 aromatic carbocycles. The fraction of sp³-hybridized carbons (Fsp3) is 0.474. The molecule has 0 spiro atoms. The average molecular weight is 377 g/mol. The van der Waals surface area contributed by atoms with E-state index in [4.69, 9.17) is 29.1 Å². The second-order valence-corrected chi connectivity index (χ2v) is 6.04. The number of anilines is 1. The zero-order chi connectivity index (χ0) is 19.6. The number of methoxy groups -OCH3 is 2. The highest BCUT2D eigenvalue weighted by Crippen LogP contribution is 2.32. The van der Waals surface area contributed by atoms with Crippen LogP contribution in [0.2, 0.25) is 0 Å². The number of carbonyl (C=O) groups is 1. The van der Waals surface area contributed by atoms with Crippen LogP contribution < -0.4 is 14.8 Å². The van der Waals surface area contributed by atoms with E-state index in [-0.39, 0.29) is 6.47 Å². The Morgan fingerprint density at radius 3 is 2.59 bits per heavy atom. The normalized spacial score (nSPS) is 14.2. The van der Waals surface area contributed by atoms with Gasteiger partial charge in [-0.1, -0.05) is 0 Å². The van der Waals surface area contributed by atoms with Crippen LogP contribution in [0, 0.1) is 6.92 Å². The van der Waals surface area contributed by atoms with E-state index in [0.29, 0.717) is 0 Å². The van der Waals surface area contributed by atoms with E-state index in [9.17, 15) is 0 Å². The zero-order valence-corrected chi connectivity index (χ0v) is 16.0. The van der Waals surface area contributed by atoms with E-state index in [1.807, 2.05) is 12.1 Å². The molecule has 0 saturated carbocycles. The predicted octanol–water partition coefficient (Wildman–Crippen LogP) is 2.01. The summed E-state index contributed by atoms with van der Waals surface area (Å²) in [7, 11) is 3.31. The minimum Gasteiger partial charge on any atom is -0.497 e. The maximum Gasteiger partial charge on any atom is 0.290 e. The summed E-state index contributed by atoms with van der Waals surface area (Å²) in [5.74, 6) is 2.37. The van der Waals surface area contributed by atoms with Gasteiger partial charge in [0.05, 0.1) is 27.4 Å². The van der Waals surface area contributed by atoms with Gasteiger partial charge in [-0.3, -0.25) is 9.69 Å². The summed E-state index contributed by atoms with van der Waals surface area (Å²) in [5, 5.41) is 11.4. The third-order valence-electron chi connectivity index (χ3n) is 4.35. The Hall–Kier alpha value is -2.58. The van der Waals surface area contributed by atoms with Crippen LogP contribution in [0.3, 0.4) is 0 Å². The molecule has 148 valence electrons. The Morgan fingerprint density at radius 2 is 1.96 bits per heavy atom. The molecule has 0 amide bonds. The first kappa shape index (κ1) is 20.7. The maximum atomic E-state index is 8.36. The van der Waals surface area contributed by atoms with Crippen LogP contribution in [0.25, 0.3) is 10.9 Å². The standard InChI is InChI=1S/C18H25N3O3.CH2O2/c1-13-10-17(19-4-5-21-6-8-24-9-7-21)20-18-15(13)11-14(22-2)12-16(18)23-3;2-1-3/h10-12H,4-9H2,1-3H3,(H,19,20);1H,(H,2,3). The van der Waals surface area contributed by atoms with Gasteiger partial charge in [-0.25, -0.2) is 4.98 Å². The Labute approximate surface area is 159 Å². The number of benzene rings is 1. The van der Waals surface area contributed by atoms with Crippen LogP contribution in [0.4, 0.5) is 5.82 Å². The molecular weight excluding hydrogens is 350 g/mol. The molecule has 0 unspecified atom stereocenters. The number of hydrogen-bond acceptors (Lipinski definition) is 7. The highest BCUT2D eigenvalue weighted by molar-refractivity contribution is 5.90. The Balaban J connectivity index is 0.000000817. The Bertz CT molecular complexity index is 748. The number of nitrogens with one attached hydrogen (secondary N) is 1. The third kappa shape index (κ3) is 5.70. The van der Waals surface area contributed by atoms with Crippen molar-refractivity contribution in [2.75, 3.05) is 58.9 Å². The number of fused-ring (bicyclic) bond motifs is 1. The number of carboxylic acid groups (broad SMARTS) is 1. The number of ether oxygens (including phenoxy) is 3.